The second-order valence-electron chi connectivity index (χ2n) is 6.41. The first-order valence-corrected chi connectivity index (χ1v) is 8.73. The number of hydrogen-bond acceptors (Lipinski definition) is 5. The molecule has 2 amide bonds. The molecule has 0 aromatic heterocycles. The van der Waals surface area contributed by atoms with Crippen molar-refractivity contribution in [3.8, 4) is 11.5 Å². The minimum atomic E-state index is -1.25. The zero-order valence-electron chi connectivity index (χ0n) is 15.2. The molecule has 0 saturated carbocycles. The van der Waals surface area contributed by atoms with Gasteiger partial charge < -0.3 is 14.9 Å². The molecule has 0 fully saturated rings. The van der Waals surface area contributed by atoms with E-state index in [2.05, 4.69) is 0 Å². The smallest absolute Gasteiger partial charge is 0.337 e. The Morgan fingerprint density at radius 3 is 2.03 bits per heavy atom. The topological polar surface area (TPSA) is 121 Å². The number of carboxylic acid groups (broad SMARTS) is 2. The first kappa shape index (κ1) is 18.9. The van der Waals surface area contributed by atoms with Crippen LogP contribution in [0.3, 0.4) is 0 Å². The van der Waals surface area contributed by atoms with Gasteiger partial charge in [-0.3, -0.25) is 9.59 Å². The molecule has 148 valence electrons. The van der Waals surface area contributed by atoms with Gasteiger partial charge in [-0.05, 0) is 54.6 Å². The zero-order chi connectivity index (χ0) is 21.4. The maximum absolute atomic E-state index is 12.9. The summed E-state index contributed by atoms with van der Waals surface area (Å²) in [4.78, 5) is 48.9. The summed E-state index contributed by atoms with van der Waals surface area (Å²) >= 11 is 0. The highest BCUT2D eigenvalue weighted by molar-refractivity contribution is 6.35. The number of amides is 2. The molecule has 3 aromatic carbocycles. The van der Waals surface area contributed by atoms with Crippen molar-refractivity contribution in [3.63, 3.8) is 0 Å². The average molecular weight is 403 g/mol. The summed E-state index contributed by atoms with van der Waals surface area (Å²) in [6.45, 7) is 0. The van der Waals surface area contributed by atoms with Gasteiger partial charge in [0.15, 0.2) is 0 Å². The molecule has 8 nitrogen and oxygen atoms in total. The number of carbonyl (C=O) groups is 4. The number of benzene rings is 3. The van der Waals surface area contributed by atoms with E-state index in [-0.39, 0.29) is 33.7 Å². The first-order valence-electron chi connectivity index (χ1n) is 8.73. The Labute approximate surface area is 169 Å². The number of imide groups is 1. The van der Waals surface area contributed by atoms with Gasteiger partial charge in [-0.2, -0.15) is 0 Å². The summed E-state index contributed by atoms with van der Waals surface area (Å²) < 4.78 is 5.66. The third kappa shape index (κ3) is 3.16. The van der Waals surface area contributed by atoms with Gasteiger partial charge in [0.2, 0.25) is 0 Å². The van der Waals surface area contributed by atoms with Crippen LogP contribution in [0.1, 0.15) is 41.4 Å². The molecule has 0 unspecified atom stereocenters. The molecule has 0 radical (unpaired) electrons. The van der Waals surface area contributed by atoms with E-state index in [4.69, 9.17) is 9.84 Å². The van der Waals surface area contributed by atoms with Crippen molar-refractivity contribution in [1.82, 2.24) is 0 Å². The van der Waals surface area contributed by atoms with Crippen molar-refractivity contribution >= 4 is 29.4 Å². The fraction of sp³-hybridized carbons (Fsp3) is 0. The van der Waals surface area contributed by atoms with Crippen molar-refractivity contribution in [2.75, 3.05) is 4.90 Å². The minimum absolute atomic E-state index is 0.0112. The van der Waals surface area contributed by atoms with E-state index < -0.39 is 23.8 Å². The summed E-state index contributed by atoms with van der Waals surface area (Å²) in [5, 5.41) is 18.3. The third-order valence-electron chi connectivity index (χ3n) is 4.57. The minimum Gasteiger partial charge on any atom is -0.478 e. The molecular weight excluding hydrogens is 390 g/mol. The number of aromatic carboxylic acids is 2. The van der Waals surface area contributed by atoms with Crippen LogP contribution in [-0.2, 0) is 0 Å². The standard InChI is InChI=1S/C22H13NO7/c24-19-15-10-9-14(30-13-7-5-12(6-8-13)21(26)27)11-17(15)20(25)23(19)18-4-2-1-3-16(18)22(28)29/h1-11H,(H,26,27)(H,28,29). The van der Waals surface area contributed by atoms with Gasteiger partial charge in [0.05, 0.1) is 27.9 Å². The predicted octanol–water partition coefficient (Wildman–Crippen LogP) is 3.68. The number of para-hydroxylation sites is 1. The Hall–Kier alpha value is -4.46. The van der Waals surface area contributed by atoms with Gasteiger partial charge in [-0.25, -0.2) is 14.5 Å². The van der Waals surface area contributed by atoms with Crippen LogP contribution in [0.15, 0.2) is 66.7 Å². The lowest BCUT2D eigenvalue weighted by molar-refractivity contribution is 0.0686. The highest BCUT2D eigenvalue weighted by Crippen LogP contribution is 2.33. The predicted molar refractivity (Wildman–Crippen MR) is 104 cm³/mol. The molecule has 0 bridgehead atoms. The quantitative estimate of drug-likeness (QED) is 0.623. The van der Waals surface area contributed by atoms with E-state index in [0.29, 0.717) is 5.75 Å². The van der Waals surface area contributed by atoms with Gasteiger partial charge in [0.1, 0.15) is 11.5 Å². The molecule has 0 atom stereocenters. The lowest BCUT2D eigenvalue weighted by Crippen LogP contribution is -2.30. The highest BCUT2D eigenvalue weighted by Gasteiger charge is 2.38. The van der Waals surface area contributed by atoms with Crippen LogP contribution >= 0.6 is 0 Å². The Morgan fingerprint density at radius 1 is 0.733 bits per heavy atom. The fourth-order valence-corrected chi connectivity index (χ4v) is 3.15. The van der Waals surface area contributed by atoms with Crippen molar-refractivity contribution in [1.29, 1.82) is 0 Å². The maximum Gasteiger partial charge on any atom is 0.337 e. The number of rotatable bonds is 5. The molecule has 1 aliphatic heterocycles. The summed E-state index contributed by atoms with van der Waals surface area (Å²) in [7, 11) is 0. The molecule has 8 heteroatoms. The Balaban J connectivity index is 1.66. The number of carbonyl (C=O) groups excluding carboxylic acids is 2. The lowest BCUT2D eigenvalue weighted by atomic mass is 10.1. The number of carboxylic acids is 2. The Morgan fingerprint density at radius 2 is 1.37 bits per heavy atom. The number of ether oxygens (including phenoxy) is 1. The van der Waals surface area contributed by atoms with Gasteiger partial charge >= 0.3 is 11.9 Å². The second kappa shape index (κ2) is 7.17. The molecule has 30 heavy (non-hydrogen) atoms. The monoisotopic (exact) mass is 403 g/mol. The van der Waals surface area contributed by atoms with Crippen LogP contribution in [0, 0.1) is 0 Å². The summed E-state index contributed by atoms with van der Waals surface area (Å²) in [6.07, 6.45) is 0. The van der Waals surface area contributed by atoms with Crippen molar-refractivity contribution < 1.29 is 34.1 Å². The first-order chi connectivity index (χ1) is 14.4. The zero-order valence-corrected chi connectivity index (χ0v) is 15.2. The summed E-state index contributed by atoms with van der Waals surface area (Å²) in [5.74, 6) is -2.98. The largest absolute Gasteiger partial charge is 0.478 e. The highest BCUT2D eigenvalue weighted by atomic mass is 16.5. The fourth-order valence-electron chi connectivity index (χ4n) is 3.15. The second-order valence-corrected chi connectivity index (χ2v) is 6.41. The molecule has 3 aromatic rings. The van der Waals surface area contributed by atoms with E-state index >= 15 is 0 Å². The molecule has 1 aliphatic rings. The van der Waals surface area contributed by atoms with E-state index in [1.807, 2.05) is 0 Å². The molecule has 0 spiro atoms. The molecule has 4 rings (SSSR count). The summed E-state index contributed by atoms with van der Waals surface area (Å²) in [6, 6.07) is 15.8. The maximum atomic E-state index is 12.9. The van der Waals surface area contributed by atoms with Gasteiger partial charge in [-0.1, -0.05) is 12.1 Å². The van der Waals surface area contributed by atoms with Crippen LogP contribution in [0.5, 0.6) is 11.5 Å². The van der Waals surface area contributed by atoms with Crippen LogP contribution in [0.25, 0.3) is 0 Å². The lowest BCUT2D eigenvalue weighted by Gasteiger charge is -2.16. The third-order valence-corrected chi connectivity index (χ3v) is 4.57. The number of nitrogens with zero attached hydrogens (tertiary/aromatic N) is 1. The van der Waals surface area contributed by atoms with Gasteiger partial charge in [0.25, 0.3) is 11.8 Å². The Kier molecular flexibility index (Phi) is 4.51. The van der Waals surface area contributed by atoms with Crippen LogP contribution in [-0.4, -0.2) is 34.0 Å². The van der Waals surface area contributed by atoms with Crippen molar-refractivity contribution in [2.45, 2.75) is 0 Å². The summed E-state index contributed by atoms with van der Waals surface area (Å²) in [5.41, 5.74) is 0.142. The van der Waals surface area contributed by atoms with Crippen LogP contribution < -0.4 is 9.64 Å². The molecule has 0 aliphatic carbocycles. The van der Waals surface area contributed by atoms with Gasteiger partial charge in [0, 0.05) is 0 Å². The number of anilines is 1. The van der Waals surface area contributed by atoms with E-state index in [1.165, 1.54) is 60.7 Å². The average Bonchev–Trinajstić information content (AvgIpc) is 2.98. The molecule has 2 N–H and O–H groups in total. The number of hydrogen-bond donors (Lipinski definition) is 2. The molecular formula is C22H13NO7. The number of fused-ring (bicyclic) bond motifs is 1. The SMILES string of the molecule is O=C(O)c1ccc(Oc2ccc3c(c2)C(=O)N(c2ccccc2C(=O)O)C3=O)cc1. The molecule has 1 heterocycles. The van der Waals surface area contributed by atoms with Crippen LogP contribution in [0.4, 0.5) is 5.69 Å². The van der Waals surface area contributed by atoms with E-state index in [1.54, 1.807) is 6.07 Å². The van der Waals surface area contributed by atoms with Crippen molar-refractivity contribution in [3.05, 3.63) is 89.0 Å². The van der Waals surface area contributed by atoms with E-state index in [0.717, 1.165) is 4.90 Å². The van der Waals surface area contributed by atoms with Gasteiger partial charge in [-0.15, -0.1) is 0 Å². The van der Waals surface area contributed by atoms with Crippen LogP contribution in [0.2, 0.25) is 0 Å². The molecule has 0 saturated heterocycles. The van der Waals surface area contributed by atoms with E-state index in [9.17, 15) is 24.3 Å². The van der Waals surface area contributed by atoms with Crippen molar-refractivity contribution in [2.24, 2.45) is 0 Å². The normalized spacial score (nSPS) is 12.6. The Bertz CT molecular complexity index is 1210.